The van der Waals surface area contributed by atoms with Crippen LogP contribution < -0.4 is 5.32 Å². The molecule has 4 heteroatoms. The van der Waals surface area contributed by atoms with Crippen LogP contribution in [0, 0.1) is 6.92 Å². The Morgan fingerprint density at radius 2 is 2.28 bits per heavy atom. The number of aryl methyl sites for hydroxylation is 2. The van der Waals surface area contributed by atoms with Crippen LogP contribution in [0.2, 0.25) is 0 Å². The first-order chi connectivity index (χ1) is 8.74. The molecule has 0 fully saturated rings. The Hall–Kier alpha value is -0.710. The van der Waals surface area contributed by atoms with Gasteiger partial charge in [0.1, 0.15) is 0 Å². The van der Waals surface area contributed by atoms with Gasteiger partial charge in [0, 0.05) is 23.5 Å². The molecular weight excluding hydrogens is 260 g/mol. The average molecular weight is 280 g/mol. The lowest BCUT2D eigenvalue weighted by Crippen LogP contribution is -2.29. The van der Waals surface area contributed by atoms with E-state index in [0.29, 0.717) is 6.04 Å². The van der Waals surface area contributed by atoms with Crippen molar-refractivity contribution >= 4 is 22.7 Å². The van der Waals surface area contributed by atoms with Gasteiger partial charge in [-0.15, -0.1) is 11.3 Å². The monoisotopic (exact) mass is 280 g/mol. The largest absolute Gasteiger partial charge is 0.314 e. The number of nitrogens with zero attached hydrogens (tertiary/aromatic N) is 1. The van der Waals surface area contributed by atoms with Crippen molar-refractivity contribution in [2.75, 3.05) is 6.54 Å². The van der Waals surface area contributed by atoms with Crippen LogP contribution in [0.1, 0.15) is 29.6 Å². The maximum Gasteiger partial charge on any atom is 0.0928 e. The summed E-state index contributed by atoms with van der Waals surface area (Å²) in [6, 6.07) is 2.76. The zero-order chi connectivity index (χ0) is 12.8. The lowest BCUT2D eigenvalue weighted by Gasteiger charge is -2.12. The van der Waals surface area contributed by atoms with Gasteiger partial charge in [0.05, 0.1) is 5.01 Å². The maximum atomic E-state index is 4.48. The summed E-state index contributed by atoms with van der Waals surface area (Å²) in [6.45, 7) is 5.39. The second-order valence-electron chi connectivity index (χ2n) is 4.68. The highest BCUT2D eigenvalue weighted by Gasteiger charge is 2.03. The third kappa shape index (κ3) is 4.52. The summed E-state index contributed by atoms with van der Waals surface area (Å²) in [5.74, 6) is 0. The summed E-state index contributed by atoms with van der Waals surface area (Å²) < 4.78 is 0. The number of thiazole rings is 1. The van der Waals surface area contributed by atoms with E-state index in [9.17, 15) is 0 Å². The van der Waals surface area contributed by atoms with Crippen LogP contribution in [0.15, 0.2) is 22.2 Å². The van der Waals surface area contributed by atoms with Gasteiger partial charge in [0.15, 0.2) is 0 Å². The highest BCUT2D eigenvalue weighted by molar-refractivity contribution is 7.09. The second kappa shape index (κ2) is 7.02. The smallest absolute Gasteiger partial charge is 0.0928 e. The predicted molar refractivity (Wildman–Crippen MR) is 80.7 cm³/mol. The van der Waals surface area contributed by atoms with Crippen molar-refractivity contribution in [1.82, 2.24) is 10.3 Å². The number of aromatic nitrogens is 1. The van der Waals surface area contributed by atoms with E-state index in [1.165, 1.54) is 17.0 Å². The van der Waals surface area contributed by atoms with Crippen LogP contribution in [-0.4, -0.2) is 17.6 Å². The van der Waals surface area contributed by atoms with Crippen molar-refractivity contribution < 1.29 is 0 Å². The lowest BCUT2D eigenvalue weighted by atomic mass is 10.1. The van der Waals surface area contributed by atoms with Crippen LogP contribution in [0.25, 0.3) is 0 Å². The van der Waals surface area contributed by atoms with E-state index in [4.69, 9.17) is 0 Å². The second-order valence-corrected chi connectivity index (χ2v) is 6.40. The minimum atomic E-state index is 0.553. The molecule has 0 spiro atoms. The van der Waals surface area contributed by atoms with Crippen LogP contribution in [0.3, 0.4) is 0 Å². The Morgan fingerprint density at radius 1 is 1.39 bits per heavy atom. The first-order valence-electron chi connectivity index (χ1n) is 6.39. The molecule has 0 unspecified atom stereocenters. The zero-order valence-corrected chi connectivity index (χ0v) is 12.6. The molecule has 0 saturated heterocycles. The Labute approximate surface area is 117 Å². The van der Waals surface area contributed by atoms with Gasteiger partial charge in [-0.25, -0.2) is 4.98 Å². The van der Waals surface area contributed by atoms with Gasteiger partial charge < -0.3 is 5.32 Å². The van der Waals surface area contributed by atoms with Crippen molar-refractivity contribution in [2.24, 2.45) is 0 Å². The summed E-state index contributed by atoms with van der Waals surface area (Å²) in [6.07, 6.45) is 3.39. The van der Waals surface area contributed by atoms with E-state index in [2.05, 4.69) is 46.4 Å². The highest BCUT2D eigenvalue weighted by atomic mass is 32.1. The molecular formula is C14H20N2S2. The van der Waals surface area contributed by atoms with Gasteiger partial charge in [-0.05, 0) is 55.6 Å². The minimum absolute atomic E-state index is 0.553. The number of thiophene rings is 1. The molecule has 2 rings (SSSR count). The SMILES string of the molecule is Cc1csc(CCCN[C@@H](C)Cc2ccsc2)n1. The van der Waals surface area contributed by atoms with Crippen molar-refractivity contribution in [1.29, 1.82) is 0 Å². The van der Waals surface area contributed by atoms with Crippen LogP contribution >= 0.6 is 22.7 Å². The predicted octanol–water partition coefficient (Wildman–Crippen LogP) is 3.67. The molecule has 2 aromatic heterocycles. The van der Waals surface area contributed by atoms with Gasteiger partial charge in [-0.1, -0.05) is 0 Å². The molecule has 1 N–H and O–H groups in total. The van der Waals surface area contributed by atoms with Gasteiger partial charge in [0.2, 0.25) is 0 Å². The normalized spacial score (nSPS) is 12.8. The van der Waals surface area contributed by atoms with Gasteiger partial charge in [0.25, 0.3) is 0 Å². The van der Waals surface area contributed by atoms with E-state index >= 15 is 0 Å². The first-order valence-corrected chi connectivity index (χ1v) is 8.22. The third-order valence-electron chi connectivity index (χ3n) is 2.85. The lowest BCUT2D eigenvalue weighted by molar-refractivity contribution is 0.534. The number of hydrogen-bond acceptors (Lipinski definition) is 4. The molecule has 2 nitrogen and oxygen atoms in total. The Kier molecular flexibility index (Phi) is 5.35. The Balaban J connectivity index is 1.60. The molecule has 0 aromatic carbocycles. The van der Waals surface area contributed by atoms with Gasteiger partial charge in [-0.2, -0.15) is 11.3 Å². The molecule has 0 aliphatic rings. The van der Waals surface area contributed by atoms with Crippen molar-refractivity contribution in [3.05, 3.63) is 38.5 Å². The molecule has 0 bridgehead atoms. The molecule has 2 aromatic rings. The van der Waals surface area contributed by atoms with E-state index < -0.39 is 0 Å². The van der Waals surface area contributed by atoms with Crippen molar-refractivity contribution in [2.45, 2.75) is 39.2 Å². The Morgan fingerprint density at radius 3 is 2.94 bits per heavy atom. The summed E-state index contributed by atoms with van der Waals surface area (Å²) in [5, 5.41) is 11.3. The Bertz CT molecular complexity index is 448. The topological polar surface area (TPSA) is 24.9 Å². The van der Waals surface area contributed by atoms with E-state index in [-0.39, 0.29) is 0 Å². The van der Waals surface area contributed by atoms with Crippen molar-refractivity contribution in [3.8, 4) is 0 Å². The summed E-state index contributed by atoms with van der Waals surface area (Å²) in [5.41, 5.74) is 2.59. The molecule has 1 atom stereocenters. The van der Waals surface area contributed by atoms with E-state index in [1.54, 1.807) is 22.7 Å². The molecule has 2 heterocycles. The standard InChI is InChI=1S/C14H20N2S2/c1-11(8-13-5-7-17-10-13)15-6-3-4-14-16-12(2)9-18-14/h5,7,9-11,15H,3-4,6,8H2,1-2H3/t11-/m0/s1. The van der Waals surface area contributed by atoms with Gasteiger partial charge >= 0.3 is 0 Å². The molecule has 0 aliphatic carbocycles. The highest BCUT2D eigenvalue weighted by Crippen LogP contribution is 2.11. The molecule has 98 valence electrons. The molecule has 0 radical (unpaired) electrons. The fourth-order valence-electron chi connectivity index (χ4n) is 1.94. The van der Waals surface area contributed by atoms with Crippen LogP contribution in [0.5, 0.6) is 0 Å². The maximum absolute atomic E-state index is 4.48. The van der Waals surface area contributed by atoms with Crippen molar-refractivity contribution in [3.63, 3.8) is 0 Å². The molecule has 18 heavy (non-hydrogen) atoms. The number of rotatable bonds is 7. The quantitative estimate of drug-likeness (QED) is 0.783. The summed E-state index contributed by atoms with van der Waals surface area (Å²) in [4.78, 5) is 4.48. The molecule has 0 saturated carbocycles. The minimum Gasteiger partial charge on any atom is -0.314 e. The van der Waals surface area contributed by atoms with Gasteiger partial charge in [-0.3, -0.25) is 0 Å². The zero-order valence-electron chi connectivity index (χ0n) is 11.0. The van der Waals surface area contributed by atoms with Crippen LogP contribution in [-0.2, 0) is 12.8 Å². The third-order valence-corrected chi connectivity index (χ3v) is 4.61. The summed E-state index contributed by atoms with van der Waals surface area (Å²) in [7, 11) is 0. The van der Waals surface area contributed by atoms with Crippen LogP contribution in [0.4, 0.5) is 0 Å². The van der Waals surface area contributed by atoms with E-state index in [1.807, 2.05) is 0 Å². The fourth-order valence-corrected chi connectivity index (χ4v) is 3.44. The summed E-state index contributed by atoms with van der Waals surface area (Å²) >= 11 is 3.55. The average Bonchev–Trinajstić information content (AvgIpc) is 2.96. The fraction of sp³-hybridized carbons (Fsp3) is 0.500. The molecule has 0 amide bonds. The number of nitrogens with one attached hydrogen (secondary N) is 1. The van der Waals surface area contributed by atoms with E-state index in [0.717, 1.165) is 25.1 Å². The number of hydrogen-bond donors (Lipinski definition) is 1. The first kappa shape index (κ1) is 13.7. The molecule has 0 aliphatic heterocycles.